The molecule has 8 heteroatoms. The number of aryl methyl sites for hydroxylation is 1. The molecule has 2 N–H and O–H groups in total. The van der Waals surface area contributed by atoms with E-state index >= 15 is 0 Å². The lowest BCUT2D eigenvalue weighted by Gasteiger charge is -2.15. The van der Waals surface area contributed by atoms with Gasteiger partial charge in [-0.2, -0.15) is 0 Å². The van der Waals surface area contributed by atoms with E-state index in [1.807, 2.05) is 0 Å². The van der Waals surface area contributed by atoms with Crippen LogP contribution in [-0.4, -0.2) is 43.3 Å². The lowest BCUT2D eigenvalue weighted by molar-refractivity contribution is -0.140. The zero-order chi connectivity index (χ0) is 14.5. The summed E-state index contributed by atoms with van der Waals surface area (Å²) in [6.45, 7) is 1.98. The number of carbonyl (C=O) groups is 1. The van der Waals surface area contributed by atoms with E-state index in [1.54, 1.807) is 24.7 Å². The van der Waals surface area contributed by atoms with Crippen LogP contribution in [0, 0.1) is 0 Å². The summed E-state index contributed by atoms with van der Waals surface area (Å²) in [5.74, 6) is -1.03. The van der Waals surface area contributed by atoms with Gasteiger partial charge < -0.3 is 14.4 Å². The zero-order valence-electron chi connectivity index (χ0n) is 10.9. The quantitative estimate of drug-likeness (QED) is 0.712. The first-order valence-electron chi connectivity index (χ1n) is 5.80. The third-order valence-corrected chi connectivity index (χ3v) is 3.83. The summed E-state index contributed by atoms with van der Waals surface area (Å²) in [5, 5.41) is 8.70. The Bertz CT molecular complexity index is 523. The first-order chi connectivity index (χ1) is 8.85. The minimum absolute atomic E-state index is 0.0721. The van der Waals surface area contributed by atoms with Crippen LogP contribution in [0.5, 0.6) is 0 Å². The van der Waals surface area contributed by atoms with E-state index in [-0.39, 0.29) is 17.9 Å². The van der Waals surface area contributed by atoms with Gasteiger partial charge in [-0.3, -0.25) is 4.79 Å². The van der Waals surface area contributed by atoms with Crippen molar-refractivity contribution in [3.05, 3.63) is 18.5 Å². The Morgan fingerprint density at radius 3 is 2.74 bits per heavy atom. The standard InChI is InChI=1S/C11H18N2O5S/c1-3-18-9(6-11(14)15)7-12-19(16,17)10-4-5-13(2)8-10/h4-5,8-9,12H,3,6-7H2,1-2H3,(H,14,15). The van der Waals surface area contributed by atoms with Gasteiger partial charge in [0.2, 0.25) is 10.0 Å². The van der Waals surface area contributed by atoms with Crippen LogP contribution in [0.15, 0.2) is 23.4 Å². The van der Waals surface area contributed by atoms with Gasteiger partial charge in [-0.15, -0.1) is 0 Å². The highest BCUT2D eigenvalue weighted by Gasteiger charge is 2.19. The first-order valence-corrected chi connectivity index (χ1v) is 7.28. The zero-order valence-corrected chi connectivity index (χ0v) is 11.7. The number of nitrogens with one attached hydrogen (secondary N) is 1. The number of hydrogen-bond donors (Lipinski definition) is 2. The molecule has 0 aromatic carbocycles. The minimum atomic E-state index is -3.63. The average Bonchev–Trinajstić information content (AvgIpc) is 2.73. The minimum Gasteiger partial charge on any atom is -0.481 e. The third kappa shape index (κ3) is 5.01. The van der Waals surface area contributed by atoms with Crippen molar-refractivity contribution in [2.75, 3.05) is 13.2 Å². The van der Waals surface area contributed by atoms with Crippen LogP contribution in [0.3, 0.4) is 0 Å². The Labute approximate surface area is 112 Å². The molecule has 0 fully saturated rings. The summed E-state index contributed by atoms with van der Waals surface area (Å²) >= 11 is 0. The molecule has 108 valence electrons. The fourth-order valence-electron chi connectivity index (χ4n) is 1.54. The molecule has 0 saturated heterocycles. The Hall–Kier alpha value is -1.38. The summed E-state index contributed by atoms with van der Waals surface area (Å²) in [4.78, 5) is 10.8. The van der Waals surface area contributed by atoms with E-state index in [0.29, 0.717) is 6.61 Å². The largest absolute Gasteiger partial charge is 0.481 e. The summed E-state index contributed by atoms with van der Waals surface area (Å²) in [7, 11) is -1.92. The maximum Gasteiger partial charge on any atom is 0.306 e. The molecule has 0 aliphatic carbocycles. The summed E-state index contributed by atoms with van der Waals surface area (Å²) in [6, 6.07) is 1.47. The number of aromatic nitrogens is 1. The fraction of sp³-hybridized carbons (Fsp3) is 0.545. The smallest absolute Gasteiger partial charge is 0.306 e. The number of ether oxygens (including phenoxy) is 1. The van der Waals surface area contributed by atoms with Gasteiger partial charge in [0.05, 0.1) is 17.4 Å². The van der Waals surface area contributed by atoms with Crippen LogP contribution in [0.25, 0.3) is 0 Å². The second-order valence-corrected chi connectivity index (χ2v) is 5.81. The molecule has 0 spiro atoms. The fourth-order valence-corrected chi connectivity index (χ4v) is 2.66. The van der Waals surface area contributed by atoms with Gasteiger partial charge in [0.25, 0.3) is 0 Å². The van der Waals surface area contributed by atoms with Crippen molar-refractivity contribution in [2.24, 2.45) is 7.05 Å². The topological polar surface area (TPSA) is 97.6 Å². The molecule has 0 bridgehead atoms. The molecular formula is C11H18N2O5S. The Morgan fingerprint density at radius 2 is 2.26 bits per heavy atom. The van der Waals surface area contributed by atoms with Crippen LogP contribution in [0.1, 0.15) is 13.3 Å². The number of rotatable bonds is 8. The van der Waals surface area contributed by atoms with Crippen LogP contribution in [0.2, 0.25) is 0 Å². The molecule has 1 rings (SSSR count). The van der Waals surface area contributed by atoms with E-state index < -0.39 is 22.1 Å². The third-order valence-electron chi connectivity index (χ3n) is 2.42. The van der Waals surface area contributed by atoms with Gasteiger partial charge in [0.15, 0.2) is 0 Å². The molecule has 0 aliphatic rings. The Balaban J connectivity index is 2.65. The molecular weight excluding hydrogens is 272 g/mol. The molecule has 0 amide bonds. The number of sulfonamides is 1. The van der Waals surface area contributed by atoms with Gasteiger partial charge in [-0.05, 0) is 13.0 Å². The summed E-state index contributed by atoms with van der Waals surface area (Å²) < 4.78 is 33.0. The molecule has 0 aliphatic heterocycles. The molecule has 1 atom stereocenters. The molecule has 19 heavy (non-hydrogen) atoms. The molecule has 1 aromatic heterocycles. The highest BCUT2D eigenvalue weighted by Crippen LogP contribution is 2.08. The van der Waals surface area contributed by atoms with E-state index in [0.717, 1.165) is 0 Å². The lowest BCUT2D eigenvalue weighted by Crippen LogP contribution is -2.35. The van der Waals surface area contributed by atoms with E-state index in [1.165, 1.54) is 12.3 Å². The van der Waals surface area contributed by atoms with Crippen LogP contribution in [-0.2, 0) is 26.6 Å². The van der Waals surface area contributed by atoms with Crippen molar-refractivity contribution in [2.45, 2.75) is 24.3 Å². The Kier molecular flexibility index (Phi) is 5.52. The number of nitrogens with zero attached hydrogens (tertiary/aromatic N) is 1. The van der Waals surface area contributed by atoms with Crippen LogP contribution < -0.4 is 4.72 Å². The second-order valence-electron chi connectivity index (χ2n) is 4.04. The molecule has 0 radical (unpaired) electrons. The van der Waals surface area contributed by atoms with Gasteiger partial charge in [-0.1, -0.05) is 0 Å². The predicted molar refractivity (Wildman–Crippen MR) is 68.3 cm³/mol. The van der Waals surface area contributed by atoms with E-state index in [9.17, 15) is 13.2 Å². The van der Waals surface area contributed by atoms with Crippen molar-refractivity contribution in [1.82, 2.24) is 9.29 Å². The number of hydrogen-bond acceptors (Lipinski definition) is 4. The normalized spacial score (nSPS) is 13.4. The maximum atomic E-state index is 11.9. The van der Waals surface area contributed by atoms with Gasteiger partial charge in [0, 0.05) is 32.6 Å². The van der Waals surface area contributed by atoms with Gasteiger partial charge >= 0.3 is 5.97 Å². The Morgan fingerprint density at radius 1 is 1.58 bits per heavy atom. The van der Waals surface area contributed by atoms with Gasteiger partial charge in [-0.25, -0.2) is 13.1 Å². The molecule has 1 unspecified atom stereocenters. The SMILES string of the molecule is CCOC(CNS(=O)(=O)c1ccn(C)c1)CC(=O)O. The molecule has 1 heterocycles. The molecule has 0 saturated carbocycles. The van der Waals surface area contributed by atoms with E-state index in [2.05, 4.69) is 4.72 Å². The first kappa shape index (κ1) is 15.7. The molecule has 7 nitrogen and oxygen atoms in total. The van der Waals surface area contributed by atoms with Crippen LogP contribution >= 0.6 is 0 Å². The van der Waals surface area contributed by atoms with Crippen molar-refractivity contribution in [1.29, 1.82) is 0 Å². The highest BCUT2D eigenvalue weighted by atomic mass is 32.2. The highest BCUT2D eigenvalue weighted by molar-refractivity contribution is 7.89. The van der Waals surface area contributed by atoms with Crippen molar-refractivity contribution in [3.8, 4) is 0 Å². The second kappa shape index (κ2) is 6.69. The van der Waals surface area contributed by atoms with Crippen molar-refractivity contribution < 1.29 is 23.1 Å². The number of aliphatic carboxylic acids is 1. The van der Waals surface area contributed by atoms with Crippen molar-refractivity contribution >= 4 is 16.0 Å². The monoisotopic (exact) mass is 290 g/mol. The van der Waals surface area contributed by atoms with Crippen molar-refractivity contribution in [3.63, 3.8) is 0 Å². The molecule has 1 aromatic rings. The average molecular weight is 290 g/mol. The van der Waals surface area contributed by atoms with E-state index in [4.69, 9.17) is 9.84 Å². The van der Waals surface area contributed by atoms with Gasteiger partial charge in [0.1, 0.15) is 0 Å². The summed E-state index contributed by atoms with van der Waals surface area (Å²) in [6.07, 6.45) is 2.16. The summed E-state index contributed by atoms with van der Waals surface area (Å²) in [5.41, 5.74) is 0. The predicted octanol–water partition coefficient (Wildman–Crippen LogP) is 0.183. The number of carboxylic acid groups (broad SMARTS) is 1. The lowest BCUT2D eigenvalue weighted by atomic mass is 10.2. The van der Waals surface area contributed by atoms with Crippen LogP contribution in [0.4, 0.5) is 0 Å². The number of carboxylic acids is 1. The maximum absolute atomic E-state index is 11.9.